The van der Waals surface area contributed by atoms with Crippen LogP contribution in [0.3, 0.4) is 0 Å². The Labute approximate surface area is 71.2 Å². The van der Waals surface area contributed by atoms with Gasteiger partial charge in [-0.2, -0.15) is 0 Å². The van der Waals surface area contributed by atoms with E-state index in [1.165, 1.54) is 6.08 Å². The second-order valence-electron chi connectivity index (χ2n) is 1.91. The summed E-state index contributed by atoms with van der Waals surface area (Å²) in [7, 11) is 0. The first-order valence-corrected chi connectivity index (χ1v) is 4.56. The molecule has 0 saturated heterocycles. The molecule has 0 radical (unpaired) electrons. The summed E-state index contributed by atoms with van der Waals surface area (Å²) in [6.07, 6.45) is 3.05. The molecular formula is C7H13NO2S. The maximum atomic E-state index is 10.8. The van der Waals surface area contributed by atoms with Crippen molar-refractivity contribution in [2.45, 2.75) is 12.3 Å². The Morgan fingerprint density at radius 2 is 2.55 bits per heavy atom. The molecule has 0 spiro atoms. The highest BCUT2D eigenvalue weighted by molar-refractivity contribution is 7.99. The van der Waals surface area contributed by atoms with Gasteiger partial charge in [0.15, 0.2) is 0 Å². The standard InChI is InChI=1S/C7H13NO2S/c1-4-5-10-7(9)8-6(2)11-3/h4,6H,1,5H2,2-3H3,(H,8,9). The van der Waals surface area contributed by atoms with E-state index in [9.17, 15) is 4.79 Å². The summed E-state index contributed by atoms with van der Waals surface area (Å²) in [6.45, 7) is 5.57. The van der Waals surface area contributed by atoms with Gasteiger partial charge in [0.25, 0.3) is 0 Å². The zero-order valence-electron chi connectivity index (χ0n) is 6.79. The first kappa shape index (κ1) is 10.4. The Morgan fingerprint density at radius 3 is 3.00 bits per heavy atom. The van der Waals surface area contributed by atoms with Crippen LogP contribution in [0.4, 0.5) is 4.79 Å². The molecule has 1 amide bonds. The summed E-state index contributed by atoms with van der Waals surface area (Å²) in [4.78, 5) is 10.8. The molecule has 0 aromatic carbocycles. The number of alkyl carbamates (subject to hydrolysis) is 1. The molecule has 0 rings (SSSR count). The Bertz CT molecular complexity index is 138. The van der Waals surface area contributed by atoms with Gasteiger partial charge >= 0.3 is 6.09 Å². The lowest BCUT2D eigenvalue weighted by Gasteiger charge is -2.09. The molecule has 3 nitrogen and oxygen atoms in total. The third-order valence-corrected chi connectivity index (χ3v) is 1.83. The summed E-state index contributed by atoms with van der Waals surface area (Å²) in [6, 6.07) is 0. The molecule has 64 valence electrons. The number of hydrogen-bond donors (Lipinski definition) is 1. The van der Waals surface area contributed by atoms with Crippen LogP contribution in [0.2, 0.25) is 0 Å². The van der Waals surface area contributed by atoms with Crippen LogP contribution in [0.5, 0.6) is 0 Å². The molecule has 1 N–H and O–H groups in total. The van der Waals surface area contributed by atoms with Crippen molar-refractivity contribution in [2.24, 2.45) is 0 Å². The lowest BCUT2D eigenvalue weighted by Crippen LogP contribution is -2.30. The van der Waals surface area contributed by atoms with Gasteiger partial charge < -0.3 is 10.1 Å². The van der Waals surface area contributed by atoms with Crippen molar-refractivity contribution in [3.8, 4) is 0 Å². The molecule has 0 aromatic heterocycles. The normalized spacial score (nSPS) is 11.8. The van der Waals surface area contributed by atoms with Crippen molar-refractivity contribution >= 4 is 17.9 Å². The number of amides is 1. The molecule has 0 heterocycles. The van der Waals surface area contributed by atoms with Gasteiger partial charge in [-0.25, -0.2) is 4.79 Å². The van der Waals surface area contributed by atoms with E-state index in [0.717, 1.165) is 0 Å². The molecule has 0 bridgehead atoms. The fraction of sp³-hybridized carbons (Fsp3) is 0.571. The van der Waals surface area contributed by atoms with Crippen LogP contribution in [-0.2, 0) is 4.74 Å². The van der Waals surface area contributed by atoms with E-state index in [1.807, 2.05) is 13.2 Å². The number of carbonyl (C=O) groups excluding carboxylic acids is 1. The predicted octanol–water partition coefficient (Wildman–Crippen LogP) is 1.61. The minimum Gasteiger partial charge on any atom is -0.445 e. The Kier molecular flexibility index (Phi) is 5.74. The van der Waals surface area contributed by atoms with Crippen LogP contribution in [0.15, 0.2) is 12.7 Å². The van der Waals surface area contributed by atoms with Crippen molar-refractivity contribution in [3.63, 3.8) is 0 Å². The monoisotopic (exact) mass is 175 g/mol. The first-order chi connectivity index (χ1) is 5.20. The smallest absolute Gasteiger partial charge is 0.408 e. The molecule has 0 aliphatic rings. The topological polar surface area (TPSA) is 38.3 Å². The highest BCUT2D eigenvalue weighted by atomic mass is 32.2. The lowest BCUT2D eigenvalue weighted by atomic mass is 10.7. The Hall–Kier alpha value is -0.640. The molecule has 4 heteroatoms. The van der Waals surface area contributed by atoms with Crippen LogP contribution in [0, 0.1) is 0 Å². The molecule has 0 aliphatic heterocycles. The van der Waals surface area contributed by atoms with E-state index in [-0.39, 0.29) is 12.0 Å². The van der Waals surface area contributed by atoms with Gasteiger partial charge in [-0.15, -0.1) is 11.8 Å². The van der Waals surface area contributed by atoms with Gasteiger partial charge in [-0.3, -0.25) is 0 Å². The fourth-order valence-electron chi connectivity index (χ4n) is 0.401. The lowest BCUT2D eigenvalue weighted by molar-refractivity contribution is 0.158. The molecule has 1 atom stereocenters. The second-order valence-corrected chi connectivity index (χ2v) is 3.09. The Balaban J connectivity index is 3.43. The third kappa shape index (κ3) is 5.79. The van der Waals surface area contributed by atoms with E-state index >= 15 is 0 Å². The average Bonchev–Trinajstić information content (AvgIpc) is 2.00. The molecule has 0 aromatic rings. The first-order valence-electron chi connectivity index (χ1n) is 3.27. The molecule has 1 unspecified atom stereocenters. The maximum absolute atomic E-state index is 10.8. The highest BCUT2D eigenvalue weighted by Crippen LogP contribution is 2.00. The zero-order valence-corrected chi connectivity index (χ0v) is 7.61. The second kappa shape index (κ2) is 6.09. The van der Waals surface area contributed by atoms with Crippen molar-refractivity contribution in [2.75, 3.05) is 12.9 Å². The molecule has 0 aliphatic carbocycles. The maximum Gasteiger partial charge on any atom is 0.408 e. The van der Waals surface area contributed by atoms with Crippen LogP contribution >= 0.6 is 11.8 Å². The van der Waals surface area contributed by atoms with E-state index in [2.05, 4.69) is 16.6 Å². The molecule has 0 saturated carbocycles. The largest absolute Gasteiger partial charge is 0.445 e. The third-order valence-electron chi connectivity index (χ3n) is 1.01. The van der Waals surface area contributed by atoms with Crippen molar-refractivity contribution in [1.29, 1.82) is 0 Å². The Morgan fingerprint density at radius 1 is 1.91 bits per heavy atom. The summed E-state index contributed by atoms with van der Waals surface area (Å²) in [5, 5.41) is 2.71. The minimum atomic E-state index is -0.397. The van der Waals surface area contributed by atoms with Gasteiger partial charge in [0.1, 0.15) is 6.61 Å². The van der Waals surface area contributed by atoms with E-state index in [4.69, 9.17) is 0 Å². The van der Waals surface area contributed by atoms with Crippen LogP contribution in [0.1, 0.15) is 6.92 Å². The summed E-state index contributed by atoms with van der Waals surface area (Å²) in [5.41, 5.74) is 0. The van der Waals surface area contributed by atoms with Crippen molar-refractivity contribution in [3.05, 3.63) is 12.7 Å². The van der Waals surface area contributed by atoms with Gasteiger partial charge in [0.2, 0.25) is 0 Å². The van der Waals surface area contributed by atoms with Crippen LogP contribution < -0.4 is 5.32 Å². The quantitative estimate of drug-likeness (QED) is 0.521. The molecular weight excluding hydrogens is 162 g/mol. The number of nitrogens with one attached hydrogen (secondary N) is 1. The van der Waals surface area contributed by atoms with Crippen LogP contribution in [-0.4, -0.2) is 24.3 Å². The van der Waals surface area contributed by atoms with Gasteiger partial charge in [0.05, 0.1) is 5.37 Å². The molecule has 0 fully saturated rings. The van der Waals surface area contributed by atoms with E-state index < -0.39 is 6.09 Å². The van der Waals surface area contributed by atoms with E-state index in [1.54, 1.807) is 11.8 Å². The number of rotatable bonds is 4. The number of thioether (sulfide) groups is 1. The molecule has 11 heavy (non-hydrogen) atoms. The summed E-state index contributed by atoms with van der Waals surface area (Å²) >= 11 is 1.55. The highest BCUT2D eigenvalue weighted by Gasteiger charge is 2.04. The SMILES string of the molecule is C=CCOC(=O)NC(C)SC. The summed E-state index contributed by atoms with van der Waals surface area (Å²) < 4.78 is 4.68. The van der Waals surface area contributed by atoms with Gasteiger partial charge in [0, 0.05) is 0 Å². The predicted molar refractivity (Wildman–Crippen MR) is 47.7 cm³/mol. The van der Waals surface area contributed by atoms with Gasteiger partial charge in [-0.1, -0.05) is 12.7 Å². The van der Waals surface area contributed by atoms with E-state index in [0.29, 0.717) is 0 Å². The number of ether oxygens (including phenoxy) is 1. The summed E-state index contributed by atoms with van der Waals surface area (Å²) in [5.74, 6) is 0. The van der Waals surface area contributed by atoms with Gasteiger partial charge in [-0.05, 0) is 13.2 Å². The zero-order chi connectivity index (χ0) is 8.69. The number of carbonyl (C=O) groups is 1. The van der Waals surface area contributed by atoms with Crippen molar-refractivity contribution in [1.82, 2.24) is 5.32 Å². The van der Waals surface area contributed by atoms with Crippen LogP contribution in [0.25, 0.3) is 0 Å². The minimum absolute atomic E-state index is 0.0901. The van der Waals surface area contributed by atoms with Crippen molar-refractivity contribution < 1.29 is 9.53 Å². The number of hydrogen-bond acceptors (Lipinski definition) is 3. The fourth-order valence-corrected chi connectivity index (χ4v) is 0.615. The average molecular weight is 175 g/mol.